The zero-order valence-corrected chi connectivity index (χ0v) is 11.2. The van der Waals surface area contributed by atoms with E-state index in [-0.39, 0.29) is 17.4 Å². The quantitative estimate of drug-likeness (QED) is 0.830. The highest BCUT2D eigenvalue weighted by Gasteiger charge is 2.08. The summed E-state index contributed by atoms with van der Waals surface area (Å²) in [7, 11) is 0. The molecule has 5 heteroatoms. The van der Waals surface area contributed by atoms with E-state index in [4.69, 9.17) is 10.5 Å². The highest BCUT2D eigenvalue weighted by atomic mass is 16.5. The molecule has 0 aliphatic carbocycles. The predicted octanol–water partition coefficient (Wildman–Crippen LogP) is 2.58. The first-order chi connectivity index (χ1) is 8.95. The van der Waals surface area contributed by atoms with Crippen molar-refractivity contribution < 1.29 is 4.74 Å². The van der Waals surface area contributed by atoms with Gasteiger partial charge < -0.3 is 15.5 Å². The van der Waals surface area contributed by atoms with Crippen LogP contribution in [0, 0.1) is 6.92 Å². The van der Waals surface area contributed by atoms with Crippen molar-refractivity contribution in [2.45, 2.75) is 26.7 Å². The van der Waals surface area contributed by atoms with E-state index in [1.807, 2.05) is 26.8 Å². The molecular formula is C14H17N3O2. The lowest BCUT2D eigenvalue weighted by Crippen LogP contribution is -2.12. The molecule has 0 saturated carbocycles. The Balaban J connectivity index is 2.38. The van der Waals surface area contributed by atoms with Crippen molar-refractivity contribution in [3.8, 4) is 11.6 Å². The fraction of sp³-hybridized carbons (Fsp3) is 0.286. The fourth-order valence-electron chi connectivity index (χ4n) is 1.62. The molecule has 1 aromatic carbocycles. The first kappa shape index (κ1) is 13.1. The second-order valence-electron chi connectivity index (χ2n) is 4.75. The molecule has 1 heterocycles. The molecule has 0 aliphatic rings. The first-order valence-corrected chi connectivity index (χ1v) is 6.11. The molecule has 2 rings (SSSR count). The monoisotopic (exact) mass is 259 g/mol. The van der Waals surface area contributed by atoms with Gasteiger partial charge in [-0.05, 0) is 18.6 Å². The molecule has 0 radical (unpaired) electrons. The number of aromatic amines is 1. The first-order valence-electron chi connectivity index (χ1n) is 6.11. The Morgan fingerprint density at radius 1 is 1.32 bits per heavy atom. The molecule has 0 atom stereocenters. The number of rotatable bonds is 3. The van der Waals surface area contributed by atoms with E-state index in [0.717, 1.165) is 5.56 Å². The van der Waals surface area contributed by atoms with E-state index >= 15 is 0 Å². The summed E-state index contributed by atoms with van der Waals surface area (Å²) in [5.74, 6) is 1.61. The Morgan fingerprint density at radius 3 is 2.74 bits per heavy atom. The summed E-state index contributed by atoms with van der Waals surface area (Å²) in [5, 5.41) is 0. The van der Waals surface area contributed by atoms with Crippen molar-refractivity contribution in [3.05, 3.63) is 46.0 Å². The average molecular weight is 259 g/mol. The number of hydrogen-bond acceptors (Lipinski definition) is 4. The minimum absolute atomic E-state index is 0.123. The van der Waals surface area contributed by atoms with Gasteiger partial charge in [0.05, 0.1) is 6.07 Å². The van der Waals surface area contributed by atoms with Crippen molar-refractivity contribution in [2.75, 3.05) is 5.73 Å². The minimum Gasteiger partial charge on any atom is -0.438 e. The van der Waals surface area contributed by atoms with Gasteiger partial charge in [0.25, 0.3) is 5.56 Å². The summed E-state index contributed by atoms with van der Waals surface area (Å²) in [5.41, 5.74) is 7.03. The van der Waals surface area contributed by atoms with Crippen LogP contribution >= 0.6 is 0 Å². The lowest BCUT2D eigenvalue weighted by Gasteiger charge is -2.10. The number of aromatic nitrogens is 2. The van der Waals surface area contributed by atoms with Gasteiger partial charge in [-0.25, -0.2) is 0 Å². The molecule has 0 bridgehead atoms. The number of aryl methyl sites for hydroxylation is 1. The molecule has 2 aromatic rings. The molecule has 0 unspecified atom stereocenters. The number of nitrogens with two attached hydrogens (primary N) is 1. The maximum Gasteiger partial charge on any atom is 0.254 e. The van der Waals surface area contributed by atoms with Gasteiger partial charge in [-0.1, -0.05) is 19.9 Å². The van der Waals surface area contributed by atoms with Gasteiger partial charge in [0.2, 0.25) is 5.88 Å². The van der Waals surface area contributed by atoms with Crippen molar-refractivity contribution in [2.24, 2.45) is 0 Å². The maximum absolute atomic E-state index is 11.6. The van der Waals surface area contributed by atoms with Gasteiger partial charge >= 0.3 is 0 Å². The third-order valence-corrected chi connectivity index (χ3v) is 2.71. The topological polar surface area (TPSA) is 81.0 Å². The summed E-state index contributed by atoms with van der Waals surface area (Å²) in [6, 6.07) is 6.70. The fourth-order valence-corrected chi connectivity index (χ4v) is 1.62. The molecule has 5 nitrogen and oxygen atoms in total. The van der Waals surface area contributed by atoms with Gasteiger partial charge in [-0.2, -0.15) is 4.98 Å². The predicted molar refractivity (Wildman–Crippen MR) is 74.6 cm³/mol. The Hall–Kier alpha value is -2.30. The van der Waals surface area contributed by atoms with Crippen LogP contribution in [0.15, 0.2) is 29.1 Å². The van der Waals surface area contributed by atoms with Crippen LogP contribution in [0.25, 0.3) is 0 Å². The van der Waals surface area contributed by atoms with Crippen molar-refractivity contribution in [3.63, 3.8) is 0 Å². The number of benzene rings is 1. The summed E-state index contributed by atoms with van der Waals surface area (Å²) in [4.78, 5) is 18.5. The standard InChI is InChI=1S/C14H17N3O2/c1-8(2)14-16-12(18)7-13(17-14)19-11-6-10(15)5-4-9(11)3/h4-8H,15H2,1-3H3,(H,16,17,18). The van der Waals surface area contributed by atoms with E-state index in [1.165, 1.54) is 6.07 Å². The van der Waals surface area contributed by atoms with E-state index in [9.17, 15) is 4.79 Å². The second-order valence-corrected chi connectivity index (χ2v) is 4.75. The van der Waals surface area contributed by atoms with E-state index in [0.29, 0.717) is 17.3 Å². The van der Waals surface area contributed by atoms with Crippen LogP contribution in [-0.2, 0) is 0 Å². The summed E-state index contributed by atoms with van der Waals surface area (Å²) >= 11 is 0. The van der Waals surface area contributed by atoms with Gasteiger partial charge in [0.1, 0.15) is 11.6 Å². The molecule has 19 heavy (non-hydrogen) atoms. The molecular weight excluding hydrogens is 242 g/mol. The molecule has 0 fully saturated rings. The summed E-state index contributed by atoms with van der Waals surface area (Å²) in [6.07, 6.45) is 0. The third kappa shape index (κ3) is 3.13. The van der Waals surface area contributed by atoms with Crippen LogP contribution in [0.5, 0.6) is 11.6 Å². The normalized spacial score (nSPS) is 10.7. The van der Waals surface area contributed by atoms with Gasteiger partial charge in [0, 0.05) is 17.7 Å². The highest BCUT2D eigenvalue weighted by Crippen LogP contribution is 2.25. The third-order valence-electron chi connectivity index (χ3n) is 2.71. The van der Waals surface area contributed by atoms with Crippen molar-refractivity contribution in [1.82, 2.24) is 9.97 Å². The molecule has 3 N–H and O–H groups in total. The Kier molecular flexibility index (Phi) is 3.55. The lowest BCUT2D eigenvalue weighted by atomic mass is 10.2. The lowest BCUT2D eigenvalue weighted by molar-refractivity contribution is 0.452. The van der Waals surface area contributed by atoms with Crippen LogP contribution < -0.4 is 16.0 Å². The second kappa shape index (κ2) is 5.14. The Labute approximate surface area is 111 Å². The van der Waals surface area contributed by atoms with Crippen LogP contribution in [0.4, 0.5) is 5.69 Å². The van der Waals surface area contributed by atoms with Crippen LogP contribution in [0.3, 0.4) is 0 Å². The number of anilines is 1. The summed E-state index contributed by atoms with van der Waals surface area (Å²) < 4.78 is 5.65. The van der Waals surface area contributed by atoms with Gasteiger partial charge in [0.15, 0.2) is 0 Å². The van der Waals surface area contributed by atoms with E-state index in [1.54, 1.807) is 12.1 Å². The number of nitrogen functional groups attached to an aromatic ring is 1. The molecule has 0 spiro atoms. The highest BCUT2D eigenvalue weighted by molar-refractivity contribution is 5.48. The van der Waals surface area contributed by atoms with Gasteiger partial charge in [-0.15, -0.1) is 0 Å². The summed E-state index contributed by atoms with van der Waals surface area (Å²) in [6.45, 7) is 5.81. The van der Waals surface area contributed by atoms with Gasteiger partial charge in [-0.3, -0.25) is 4.79 Å². The van der Waals surface area contributed by atoms with Crippen molar-refractivity contribution >= 4 is 5.69 Å². The molecule has 0 aliphatic heterocycles. The number of ether oxygens (including phenoxy) is 1. The largest absolute Gasteiger partial charge is 0.438 e. The number of hydrogen-bond donors (Lipinski definition) is 2. The number of nitrogens with one attached hydrogen (secondary N) is 1. The maximum atomic E-state index is 11.6. The van der Waals surface area contributed by atoms with Crippen LogP contribution in [0.2, 0.25) is 0 Å². The average Bonchev–Trinajstić information content (AvgIpc) is 2.33. The Morgan fingerprint density at radius 2 is 2.05 bits per heavy atom. The van der Waals surface area contributed by atoms with Crippen molar-refractivity contribution in [1.29, 1.82) is 0 Å². The smallest absolute Gasteiger partial charge is 0.254 e. The molecule has 0 saturated heterocycles. The Bertz CT molecular complexity index is 647. The number of nitrogens with zero attached hydrogens (tertiary/aromatic N) is 1. The van der Waals surface area contributed by atoms with E-state index < -0.39 is 0 Å². The molecule has 1 aromatic heterocycles. The minimum atomic E-state index is -0.227. The molecule has 100 valence electrons. The zero-order valence-electron chi connectivity index (χ0n) is 11.2. The SMILES string of the molecule is Cc1ccc(N)cc1Oc1cc(=O)[nH]c(C(C)C)n1. The van der Waals surface area contributed by atoms with Crippen LogP contribution in [0.1, 0.15) is 31.2 Å². The molecule has 0 amide bonds. The van der Waals surface area contributed by atoms with Crippen LogP contribution in [-0.4, -0.2) is 9.97 Å². The van der Waals surface area contributed by atoms with E-state index in [2.05, 4.69) is 9.97 Å². The number of H-pyrrole nitrogens is 1. The zero-order chi connectivity index (χ0) is 14.0.